The zero-order valence-corrected chi connectivity index (χ0v) is 23.5. The second-order valence-electron chi connectivity index (χ2n) is 11.0. The number of furan rings is 1. The maximum absolute atomic E-state index is 13.8. The van der Waals surface area contributed by atoms with E-state index in [9.17, 15) is 13.2 Å². The molecule has 202 valence electrons. The Morgan fingerprint density at radius 1 is 1.11 bits per heavy atom. The first-order valence-electron chi connectivity index (χ1n) is 12.6. The van der Waals surface area contributed by atoms with Gasteiger partial charge < -0.3 is 14.1 Å². The average Bonchev–Trinajstić information content (AvgIpc) is 3.29. The van der Waals surface area contributed by atoms with Gasteiger partial charge in [0.25, 0.3) is 0 Å². The smallest absolute Gasteiger partial charge is 0.243 e. The van der Waals surface area contributed by atoms with E-state index in [0.717, 1.165) is 10.9 Å². The third-order valence-corrected chi connectivity index (χ3v) is 7.72. The van der Waals surface area contributed by atoms with Crippen molar-refractivity contribution >= 4 is 26.9 Å². The maximum Gasteiger partial charge on any atom is 0.243 e. The molecule has 3 rings (SSSR count). The molecule has 3 aromatic rings. The van der Waals surface area contributed by atoms with Crippen molar-refractivity contribution in [2.45, 2.75) is 58.9 Å². The van der Waals surface area contributed by atoms with Crippen LogP contribution in [0.1, 0.15) is 53.0 Å². The number of ether oxygens (including phenoxy) is 1. The molecular weight excluding hydrogens is 490 g/mol. The van der Waals surface area contributed by atoms with Crippen LogP contribution >= 0.6 is 0 Å². The second-order valence-corrected chi connectivity index (χ2v) is 13.0. The van der Waals surface area contributed by atoms with Crippen molar-refractivity contribution in [3.63, 3.8) is 0 Å². The summed E-state index contributed by atoms with van der Waals surface area (Å²) in [5, 5.41) is 0.722. The van der Waals surface area contributed by atoms with Crippen LogP contribution in [0.15, 0.2) is 58.3 Å². The van der Waals surface area contributed by atoms with Gasteiger partial charge in [0, 0.05) is 44.2 Å². The molecule has 2 heterocycles. The van der Waals surface area contributed by atoms with Crippen molar-refractivity contribution in [3.05, 3.63) is 54.6 Å². The van der Waals surface area contributed by atoms with E-state index in [-0.39, 0.29) is 29.3 Å². The van der Waals surface area contributed by atoms with Crippen LogP contribution < -0.4 is 4.74 Å². The molecule has 1 amide bonds. The number of carbonyl (C=O) groups is 1. The lowest BCUT2D eigenvalue weighted by atomic mass is 9.91. The zero-order chi connectivity index (χ0) is 27.2. The van der Waals surface area contributed by atoms with Crippen molar-refractivity contribution in [2.24, 2.45) is 11.3 Å². The number of hydrogen-bond acceptors (Lipinski definition) is 6. The number of nitrogens with zero attached hydrogens (tertiary/aromatic N) is 3. The molecule has 0 N–H and O–H groups in total. The summed E-state index contributed by atoms with van der Waals surface area (Å²) in [4.78, 5) is 19.3. The van der Waals surface area contributed by atoms with Crippen LogP contribution in [0.3, 0.4) is 0 Å². The summed E-state index contributed by atoms with van der Waals surface area (Å²) in [5.41, 5.74) is 1.23. The van der Waals surface area contributed by atoms with Crippen LogP contribution in [0.5, 0.6) is 5.75 Å². The van der Waals surface area contributed by atoms with Gasteiger partial charge in [0.2, 0.25) is 15.9 Å². The van der Waals surface area contributed by atoms with Crippen LogP contribution in [0.4, 0.5) is 0 Å². The molecule has 0 fully saturated rings. The monoisotopic (exact) mass is 529 g/mol. The summed E-state index contributed by atoms with van der Waals surface area (Å²) < 4.78 is 39.7. The number of hydrogen-bond donors (Lipinski definition) is 0. The number of rotatable bonds is 12. The summed E-state index contributed by atoms with van der Waals surface area (Å²) in [7, 11) is -2.29. The first-order chi connectivity index (χ1) is 17.4. The summed E-state index contributed by atoms with van der Waals surface area (Å²) in [6.07, 6.45) is 5.72. The van der Waals surface area contributed by atoms with Crippen molar-refractivity contribution in [2.75, 3.05) is 26.7 Å². The Balaban J connectivity index is 1.84. The van der Waals surface area contributed by atoms with E-state index in [1.807, 2.05) is 25.7 Å². The number of fused-ring (bicyclic) bond motifs is 1. The van der Waals surface area contributed by atoms with Crippen molar-refractivity contribution < 1.29 is 22.4 Å². The number of amides is 1. The van der Waals surface area contributed by atoms with Gasteiger partial charge in [0.1, 0.15) is 11.3 Å². The molecule has 0 bridgehead atoms. The summed E-state index contributed by atoms with van der Waals surface area (Å²) in [6.45, 7) is 11.8. The predicted octanol–water partition coefficient (Wildman–Crippen LogP) is 5.34. The van der Waals surface area contributed by atoms with Crippen LogP contribution in [-0.4, -0.2) is 55.3 Å². The van der Waals surface area contributed by atoms with Gasteiger partial charge in [0.05, 0.1) is 24.5 Å². The fraction of sp³-hybridized carbons (Fsp3) is 0.500. The molecule has 0 aliphatic heterocycles. The van der Waals surface area contributed by atoms with E-state index in [4.69, 9.17) is 9.15 Å². The highest BCUT2D eigenvalue weighted by atomic mass is 32.2. The largest absolute Gasteiger partial charge is 0.495 e. The van der Waals surface area contributed by atoms with Gasteiger partial charge in [-0.25, -0.2) is 8.42 Å². The Labute approximate surface area is 220 Å². The van der Waals surface area contributed by atoms with Crippen LogP contribution in [-0.2, 0) is 21.4 Å². The minimum absolute atomic E-state index is 0.0954. The topological polar surface area (TPSA) is 93.0 Å². The zero-order valence-electron chi connectivity index (χ0n) is 22.7. The lowest BCUT2D eigenvalue weighted by molar-refractivity contribution is -0.133. The van der Waals surface area contributed by atoms with E-state index in [1.165, 1.54) is 4.31 Å². The molecule has 0 saturated carbocycles. The minimum Gasteiger partial charge on any atom is -0.495 e. The number of aromatic nitrogens is 1. The van der Waals surface area contributed by atoms with Gasteiger partial charge in [-0.3, -0.25) is 9.78 Å². The van der Waals surface area contributed by atoms with Crippen LogP contribution in [0.25, 0.3) is 11.0 Å². The second kappa shape index (κ2) is 12.1. The molecule has 9 heteroatoms. The van der Waals surface area contributed by atoms with E-state index < -0.39 is 10.0 Å². The first kappa shape index (κ1) is 28.7. The molecule has 0 saturated heterocycles. The highest BCUT2D eigenvalue weighted by molar-refractivity contribution is 7.89. The molecule has 0 radical (unpaired) electrons. The first-order valence-corrected chi connectivity index (χ1v) is 14.1. The Kier molecular flexibility index (Phi) is 9.36. The molecule has 0 aliphatic carbocycles. The number of sulfonamides is 1. The Morgan fingerprint density at radius 3 is 2.54 bits per heavy atom. The molecule has 0 unspecified atom stereocenters. The maximum atomic E-state index is 13.8. The summed E-state index contributed by atoms with van der Waals surface area (Å²) >= 11 is 0. The van der Waals surface area contributed by atoms with Crippen molar-refractivity contribution in [1.82, 2.24) is 14.2 Å². The lowest BCUT2D eigenvalue weighted by Crippen LogP contribution is -2.39. The quantitative estimate of drug-likeness (QED) is 0.315. The highest BCUT2D eigenvalue weighted by Gasteiger charge is 2.27. The highest BCUT2D eigenvalue weighted by Crippen LogP contribution is 2.25. The van der Waals surface area contributed by atoms with Gasteiger partial charge in [-0.1, -0.05) is 34.6 Å². The summed E-state index contributed by atoms with van der Waals surface area (Å²) in [5.74, 6) is 0.969. The summed E-state index contributed by atoms with van der Waals surface area (Å²) in [6, 6.07) is 8.39. The van der Waals surface area contributed by atoms with Gasteiger partial charge in [0.15, 0.2) is 0 Å². The Morgan fingerprint density at radius 2 is 1.86 bits per heavy atom. The third-order valence-electron chi connectivity index (χ3n) is 5.88. The molecule has 0 atom stereocenters. The van der Waals surface area contributed by atoms with Gasteiger partial charge in [-0.05, 0) is 53.6 Å². The lowest BCUT2D eigenvalue weighted by Gasteiger charge is -2.29. The van der Waals surface area contributed by atoms with Gasteiger partial charge in [-0.15, -0.1) is 0 Å². The number of pyridine rings is 1. The minimum atomic E-state index is -3.84. The van der Waals surface area contributed by atoms with E-state index in [1.54, 1.807) is 56.1 Å². The molecule has 37 heavy (non-hydrogen) atoms. The SMILES string of the molecule is COc1cncc(CN(CCCN(CC(C)C)C(=O)CC(C)(C)C)S(=O)(=O)c2ccc3occc3c2)c1. The third kappa shape index (κ3) is 8.04. The predicted molar refractivity (Wildman–Crippen MR) is 145 cm³/mol. The molecule has 2 aromatic heterocycles. The van der Waals surface area contributed by atoms with E-state index >= 15 is 0 Å². The molecule has 8 nitrogen and oxygen atoms in total. The molecule has 0 aliphatic rings. The average molecular weight is 530 g/mol. The van der Waals surface area contributed by atoms with Crippen molar-refractivity contribution in [3.8, 4) is 5.75 Å². The fourth-order valence-electron chi connectivity index (χ4n) is 4.17. The number of carbonyl (C=O) groups excluding carboxylic acids is 1. The Bertz CT molecular complexity index is 1290. The Hall–Kier alpha value is -2.91. The molecule has 1 aromatic carbocycles. The number of benzene rings is 1. The van der Waals surface area contributed by atoms with Gasteiger partial charge in [-0.2, -0.15) is 4.31 Å². The fourth-order valence-corrected chi connectivity index (χ4v) is 5.67. The van der Waals surface area contributed by atoms with Crippen LogP contribution in [0.2, 0.25) is 0 Å². The molecule has 0 spiro atoms. The molecular formula is C28H39N3O5S. The van der Waals surface area contributed by atoms with Gasteiger partial charge >= 0.3 is 0 Å². The standard InChI is InChI=1S/C28H39N3O5S/c1-21(2)19-30(27(32)16-28(3,4)5)11-7-12-31(20-22-14-24(35-6)18-29-17-22)37(33,34)25-8-9-26-23(15-25)10-13-36-26/h8-10,13-15,17-18,21H,7,11-12,16,19-20H2,1-6H3. The number of methoxy groups -OCH3 is 1. The van der Waals surface area contributed by atoms with Crippen LogP contribution in [0, 0.1) is 11.3 Å². The van der Waals surface area contributed by atoms with E-state index in [2.05, 4.69) is 18.8 Å². The van der Waals surface area contributed by atoms with E-state index in [0.29, 0.717) is 43.2 Å². The normalized spacial score (nSPS) is 12.4. The van der Waals surface area contributed by atoms with Crippen molar-refractivity contribution in [1.29, 1.82) is 0 Å².